The summed E-state index contributed by atoms with van der Waals surface area (Å²) in [6.07, 6.45) is 5.31. The number of carbonyl (C=O) groups excluding carboxylic acids is 2. The molecule has 29 heavy (non-hydrogen) atoms. The van der Waals surface area contributed by atoms with Crippen LogP contribution in [-0.4, -0.2) is 29.5 Å². The molecule has 0 spiro atoms. The molecule has 2 aromatic rings. The molecule has 3 rings (SSSR count). The van der Waals surface area contributed by atoms with E-state index < -0.39 is 12.1 Å². The number of aryl methyl sites for hydroxylation is 1. The van der Waals surface area contributed by atoms with Crippen molar-refractivity contribution >= 4 is 35.0 Å². The number of nitrogens with one attached hydrogen (secondary N) is 1. The van der Waals surface area contributed by atoms with Crippen LogP contribution in [0.5, 0.6) is 0 Å². The second-order valence-electron chi connectivity index (χ2n) is 7.47. The van der Waals surface area contributed by atoms with Gasteiger partial charge in [0.05, 0.1) is 16.3 Å². The summed E-state index contributed by atoms with van der Waals surface area (Å²) in [6, 6.07) is 7.27. The third-order valence-electron chi connectivity index (χ3n) is 5.09. The highest BCUT2D eigenvalue weighted by Crippen LogP contribution is 2.24. The van der Waals surface area contributed by atoms with Gasteiger partial charge in [-0.1, -0.05) is 19.3 Å². The molecular weight excluding hydrogens is 404 g/mol. The van der Waals surface area contributed by atoms with E-state index in [0.29, 0.717) is 18.0 Å². The molecule has 1 N–H and O–H groups in total. The molecule has 1 aromatic heterocycles. The Bertz CT molecular complexity index is 814. The zero-order chi connectivity index (χ0) is 20.6. The molecule has 0 aliphatic heterocycles. The third kappa shape index (κ3) is 6.85. The smallest absolute Gasteiger partial charge is 0.338 e. The minimum Gasteiger partial charge on any atom is -0.449 e. The number of benzene rings is 1. The summed E-state index contributed by atoms with van der Waals surface area (Å²) in [4.78, 5) is 30.1. The molecule has 0 saturated heterocycles. The predicted octanol–water partition coefficient (Wildman–Crippen LogP) is 4.99. The number of nitrogens with zero attached hydrogens (tertiary/aromatic N) is 1. The average molecular weight is 433 g/mol. The molecule has 156 valence electrons. The van der Waals surface area contributed by atoms with Gasteiger partial charge in [0.25, 0.3) is 5.91 Å². The minimum absolute atomic E-state index is 0.227. The predicted molar refractivity (Wildman–Crippen MR) is 117 cm³/mol. The van der Waals surface area contributed by atoms with Gasteiger partial charge in [0, 0.05) is 22.6 Å². The van der Waals surface area contributed by atoms with Crippen molar-refractivity contribution < 1.29 is 14.3 Å². The number of hydrogen-bond acceptors (Lipinski definition) is 6. The molecule has 0 radical (unpaired) electrons. The summed E-state index contributed by atoms with van der Waals surface area (Å²) in [6.45, 7) is 4.29. The van der Waals surface area contributed by atoms with E-state index >= 15 is 0 Å². The highest BCUT2D eigenvalue weighted by Gasteiger charge is 2.21. The Morgan fingerprint density at radius 3 is 2.62 bits per heavy atom. The minimum atomic E-state index is -0.798. The zero-order valence-electron chi connectivity index (χ0n) is 17.0. The van der Waals surface area contributed by atoms with Crippen molar-refractivity contribution in [2.75, 3.05) is 6.54 Å². The van der Waals surface area contributed by atoms with Crippen molar-refractivity contribution in [3.8, 4) is 0 Å². The lowest BCUT2D eigenvalue weighted by atomic mass is 9.89. The zero-order valence-corrected chi connectivity index (χ0v) is 18.6. The topological polar surface area (TPSA) is 68.3 Å². The number of aromatic nitrogens is 1. The molecule has 1 unspecified atom stereocenters. The van der Waals surface area contributed by atoms with Crippen LogP contribution < -0.4 is 5.32 Å². The number of rotatable bonds is 8. The van der Waals surface area contributed by atoms with Crippen LogP contribution >= 0.6 is 23.1 Å². The van der Waals surface area contributed by atoms with Crippen LogP contribution in [0.3, 0.4) is 0 Å². The van der Waals surface area contributed by atoms with Crippen molar-refractivity contribution in [3.05, 3.63) is 45.9 Å². The Balaban J connectivity index is 1.43. The number of hydrogen-bond donors (Lipinski definition) is 1. The fourth-order valence-electron chi connectivity index (χ4n) is 3.38. The van der Waals surface area contributed by atoms with Crippen molar-refractivity contribution in [1.82, 2.24) is 10.3 Å². The molecule has 1 heterocycles. The first-order valence-electron chi connectivity index (χ1n) is 10.1. The van der Waals surface area contributed by atoms with Gasteiger partial charge in [-0.05, 0) is 56.9 Å². The SMILES string of the molecule is Cc1nc(CSc2ccc(C(=O)OC(C)C(=O)NCC3CCCCC3)cc2)cs1. The largest absolute Gasteiger partial charge is 0.449 e. The maximum absolute atomic E-state index is 12.3. The molecule has 1 amide bonds. The van der Waals surface area contributed by atoms with Crippen molar-refractivity contribution in [2.24, 2.45) is 5.92 Å². The molecule has 1 fully saturated rings. The van der Waals surface area contributed by atoms with Gasteiger partial charge in [-0.15, -0.1) is 23.1 Å². The number of amides is 1. The average Bonchev–Trinajstić information content (AvgIpc) is 3.16. The first-order valence-corrected chi connectivity index (χ1v) is 12.0. The van der Waals surface area contributed by atoms with Gasteiger partial charge in [-0.3, -0.25) is 4.79 Å². The maximum Gasteiger partial charge on any atom is 0.338 e. The number of thiazole rings is 1. The summed E-state index contributed by atoms with van der Waals surface area (Å²) >= 11 is 3.32. The van der Waals surface area contributed by atoms with Gasteiger partial charge in [-0.25, -0.2) is 9.78 Å². The molecule has 1 atom stereocenters. The van der Waals surface area contributed by atoms with Gasteiger partial charge in [0.2, 0.25) is 0 Å². The Hall–Kier alpha value is -1.86. The van der Waals surface area contributed by atoms with Crippen molar-refractivity contribution in [3.63, 3.8) is 0 Å². The lowest BCUT2D eigenvalue weighted by molar-refractivity contribution is -0.129. The van der Waals surface area contributed by atoms with E-state index in [1.807, 2.05) is 19.1 Å². The number of carbonyl (C=O) groups is 2. The molecule has 0 bridgehead atoms. The Labute approximate surface area is 180 Å². The highest BCUT2D eigenvalue weighted by atomic mass is 32.2. The van der Waals surface area contributed by atoms with E-state index in [9.17, 15) is 9.59 Å². The first-order chi connectivity index (χ1) is 14.0. The molecular formula is C22H28N2O3S2. The van der Waals surface area contributed by atoms with Crippen molar-refractivity contribution in [1.29, 1.82) is 0 Å². The van der Waals surface area contributed by atoms with Gasteiger partial charge >= 0.3 is 5.97 Å². The van der Waals surface area contributed by atoms with Crippen LogP contribution in [0.15, 0.2) is 34.5 Å². The molecule has 1 aliphatic rings. The van der Waals surface area contributed by atoms with Crippen LogP contribution in [0.4, 0.5) is 0 Å². The van der Waals surface area contributed by atoms with E-state index in [1.54, 1.807) is 42.2 Å². The van der Waals surface area contributed by atoms with E-state index in [4.69, 9.17) is 4.74 Å². The summed E-state index contributed by atoms with van der Waals surface area (Å²) < 4.78 is 5.34. The summed E-state index contributed by atoms with van der Waals surface area (Å²) in [5, 5.41) is 6.06. The number of ether oxygens (including phenoxy) is 1. The standard InChI is InChI=1S/C22H28N2O3S2/c1-15(21(25)23-12-17-6-4-3-5-7-17)27-22(26)18-8-10-20(11-9-18)29-14-19-13-28-16(2)24-19/h8-11,13,15,17H,3-7,12,14H2,1-2H3,(H,23,25). The Morgan fingerprint density at radius 1 is 1.24 bits per heavy atom. The van der Waals surface area contributed by atoms with E-state index in [-0.39, 0.29) is 5.91 Å². The fourth-order valence-corrected chi connectivity index (χ4v) is 4.89. The van der Waals surface area contributed by atoms with Gasteiger partial charge < -0.3 is 10.1 Å². The molecule has 5 nitrogen and oxygen atoms in total. The Kier molecular flexibility index (Phi) is 8.12. The first kappa shape index (κ1) is 21.8. The van der Waals surface area contributed by atoms with E-state index in [1.165, 1.54) is 32.1 Å². The molecule has 1 aromatic carbocycles. The van der Waals surface area contributed by atoms with Gasteiger partial charge in [0.1, 0.15) is 0 Å². The quantitative estimate of drug-likeness (QED) is 0.470. The molecule has 7 heteroatoms. The fraction of sp³-hybridized carbons (Fsp3) is 0.500. The molecule has 1 aliphatic carbocycles. The van der Waals surface area contributed by atoms with Crippen LogP contribution in [-0.2, 0) is 15.3 Å². The van der Waals surface area contributed by atoms with Crippen LogP contribution in [0, 0.1) is 12.8 Å². The summed E-state index contributed by atoms with van der Waals surface area (Å²) in [5.41, 5.74) is 1.51. The summed E-state index contributed by atoms with van der Waals surface area (Å²) in [7, 11) is 0. The van der Waals surface area contributed by atoms with Crippen LogP contribution in [0.25, 0.3) is 0 Å². The maximum atomic E-state index is 12.3. The lowest BCUT2D eigenvalue weighted by Gasteiger charge is -2.22. The van der Waals surface area contributed by atoms with Crippen LogP contribution in [0.2, 0.25) is 0 Å². The van der Waals surface area contributed by atoms with Gasteiger partial charge in [-0.2, -0.15) is 0 Å². The molecule has 1 saturated carbocycles. The second-order valence-corrected chi connectivity index (χ2v) is 9.58. The van der Waals surface area contributed by atoms with Crippen LogP contribution in [0.1, 0.15) is 60.1 Å². The second kappa shape index (κ2) is 10.8. The summed E-state index contributed by atoms with van der Waals surface area (Å²) in [5.74, 6) is 0.646. The number of esters is 1. The lowest BCUT2D eigenvalue weighted by Crippen LogP contribution is -2.38. The highest BCUT2D eigenvalue weighted by molar-refractivity contribution is 7.98. The normalized spacial score (nSPS) is 15.7. The van der Waals surface area contributed by atoms with E-state index in [0.717, 1.165) is 21.3 Å². The number of thioether (sulfide) groups is 1. The van der Waals surface area contributed by atoms with Gasteiger partial charge in [0.15, 0.2) is 6.10 Å². The van der Waals surface area contributed by atoms with E-state index in [2.05, 4.69) is 15.7 Å². The van der Waals surface area contributed by atoms with Crippen molar-refractivity contribution in [2.45, 2.75) is 62.7 Å². The Morgan fingerprint density at radius 2 is 1.97 bits per heavy atom. The monoisotopic (exact) mass is 432 g/mol. The third-order valence-corrected chi connectivity index (χ3v) is 6.95.